The maximum atomic E-state index is 10.3. The van der Waals surface area contributed by atoms with E-state index in [9.17, 15) is 10.4 Å². The van der Waals surface area contributed by atoms with Gasteiger partial charge in [-0.1, -0.05) is 48.5 Å². The summed E-state index contributed by atoms with van der Waals surface area (Å²) in [5, 5.41) is 24.5. The van der Waals surface area contributed by atoms with Gasteiger partial charge >= 0.3 is 0 Å². The molecule has 0 aliphatic carbocycles. The number of benzene rings is 2. The number of rotatable bonds is 2. The highest BCUT2D eigenvalue weighted by atomic mass is 16.6. The SMILES string of the molecule is Cc1nn(-c2ccccc2)c2c1C(c1ccccc1)C(C#N)=C(O)O2. The van der Waals surface area contributed by atoms with E-state index in [0.717, 1.165) is 22.5 Å². The number of hydrogen-bond acceptors (Lipinski definition) is 4. The molecule has 5 nitrogen and oxygen atoms in total. The van der Waals surface area contributed by atoms with Crippen LogP contribution in [-0.4, -0.2) is 14.9 Å². The van der Waals surface area contributed by atoms with Crippen LogP contribution in [0.2, 0.25) is 0 Å². The Morgan fingerprint density at radius 1 is 1.08 bits per heavy atom. The number of hydrogen-bond donors (Lipinski definition) is 1. The number of allylic oxidation sites excluding steroid dienone is 1. The van der Waals surface area contributed by atoms with E-state index in [2.05, 4.69) is 11.2 Å². The van der Waals surface area contributed by atoms with Gasteiger partial charge in [-0.3, -0.25) is 0 Å². The Hall–Kier alpha value is -3.52. The molecule has 122 valence electrons. The molecular weight excluding hydrogens is 314 g/mol. The molecule has 2 heterocycles. The van der Waals surface area contributed by atoms with Gasteiger partial charge in [0.15, 0.2) is 0 Å². The number of nitrogens with zero attached hydrogens (tertiary/aromatic N) is 3. The van der Waals surface area contributed by atoms with E-state index in [1.54, 1.807) is 4.68 Å². The highest BCUT2D eigenvalue weighted by Crippen LogP contribution is 2.44. The molecule has 5 heteroatoms. The number of para-hydroxylation sites is 1. The van der Waals surface area contributed by atoms with Crippen molar-refractivity contribution in [3.8, 4) is 17.6 Å². The van der Waals surface area contributed by atoms with Crippen molar-refractivity contribution in [1.29, 1.82) is 5.26 Å². The van der Waals surface area contributed by atoms with Crippen molar-refractivity contribution in [3.63, 3.8) is 0 Å². The minimum atomic E-state index is -0.410. The molecular formula is C20H15N3O2. The summed E-state index contributed by atoms with van der Waals surface area (Å²) in [6.45, 7) is 1.88. The van der Waals surface area contributed by atoms with E-state index in [1.807, 2.05) is 67.6 Å². The summed E-state index contributed by atoms with van der Waals surface area (Å²) in [5.41, 5.74) is 3.48. The van der Waals surface area contributed by atoms with E-state index >= 15 is 0 Å². The zero-order valence-corrected chi connectivity index (χ0v) is 13.5. The Kier molecular flexibility index (Phi) is 3.51. The summed E-state index contributed by atoms with van der Waals surface area (Å²) in [5.74, 6) is -0.345. The lowest BCUT2D eigenvalue weighted by Crippen LogP contribution is -2.17. The molecule has 4 rings (SSSR count). The average Bonchev–Trinajstić information content (AvgIpc) is 2.98. The van der Waals surface area contributed by atoms with Crippen LogP contribution < -0.4 is 4.74 Å². The van der Waals surface area contributed by atoms with Crippen LogP contribution in [0.15, 0.2) is 72.2 Å². The second-order valence-corrected chi connectivity index (χ2v) is 5.83. The van der Waals surface area contributed by atoms with Gasteiger partial charge in [0, 0.05) is 0 Å². The van der Waals surface area contributed by atoms with Crippen LogP contribution in [-0.2, 0) is 0 Å². The maximum absolute atomic E-state index is 10.3. The van der Waals surface area contributed by atoms with Gasteiger partial charge in [-0.2, -0.15) is 10.4 Å². The average molecular weight is 329 g/mol. The molecule has 0 bridgehead atoms. The fourth-order valence-electron chi connectivity index (χ4n) is 3.20. The zero-order valence-electron chi connectivity index (χ0n) is 13.5. The highest BCUT2D eigenvalue weighted by Gasteiger charge is 2.36. The van der Waals surface area contributed by atoms with Crippen molar-refractivity contribution >= 4 is 0 Å². The second kappa shape index (κ2) is 5.84. The molecule has 0 radical (unpaired) electrons. The predicted molar refractivity (Wildman–Crippen MR) is 92.5 cm³/mol. The minimum Gasteiger partial charge on any atom is -0.480 e. The van der Waals surface area contributed by atoms with Crippen LogP contribution in [0.25, 0.3) is 5.69 Å². The molecule has 1 aliphatic heterocycles. The minimum absolute atomic E-state index is 0.189. The van der Waals surface area contributed by atoms with E-state index < -0.39 is 5.92 Å². The second-order valence-electron chi connectivity index (χ2n) is 5.83. The van der Waals surface area contributed by atoms with Crippen molar-refractivity contribution in [2.75, 3.05) is 0 Å². The molecule has 2 aromatic carbocycles. The molecule has 3 aromatic rings. The fraction of sp³-hybridized carbons (Fsp3) is 0.100. The molecule has 1 aromatic heterocycles. The molecule has 0 amide bonds. The number of aliphatic hydroxyl groups excluding tert-OH is 1. The van der Waals surface area contributed by atoms with E-state index in [-0.39, 0.29) is 11.5 Å². The molecule has 1 unspecified atom stereocenters. The van der Waals surface area contributed by atoms with Crippen molar-refractivity contribution in [1.82, 2.24) is 9.78 Å². The molecule has 0 spiro atoms. The Morgan fingerprint density at radius 2 is 1.72 bits per heavy atom. The first-order valence-corrected chi connectivity index (χ1v) is 7.91. The Labute approximate surface area is 145 Å². The first-order valence-electron chi connectivity index (χ1n) is 7.91. The molecule has 1 atom stereocenters. The number of aromatic nitrogens is 2. The number of ether oxygens (including phenoxy) is 1. The van der Waals surface area contributed by atoms with E-state index in [4.69, 9.17) is 4.74 Å². The highest BCUT2D eigenvalue weighted by molar-refractivity contribution is 5.56. The number of nitriles is 1. The molecule has 1 N–H and O–H groups in total. The number of aryl methyl sites for hydroxylation is 1. The molecule has 1 aliphatic rings. The Balaban J connectivity index is 1.97. The van der Waals surface area contributed by atoms with Crippen LogP contribution in [0, 0.1) is 18.3 Å². The van der Waals surface area contributed by atoms with Gasteiger partial charge in [0.25, 0.3) is 5.95 Å². The van der Waals surface area contributed by atoms with Crippen molar-refractivity contribution in [2.45, 2.75) is 12.8 Å². The third-order valence-electron chi connectivity index (χ3n) is 4.32. The maximum Gasteiger partial charge on any atom is 0.298 e. The Morgan fingerprint density at radius 3 is 2.36 bits per heavy atom. The summed E-state index contributed by atoms with van der Waals surface area (Å²) < 4.78 is 7.26. The van der Waals surface area contributed by atoms with Gasteiger partial charge in [0.2, 0.25) is 5.88 Å². The topological polar surface area (TPSA) is 71.1 Å². The van der Waals surface area contributed by atoms with E-state index in [0.29, 0.717) is 5.88 Å². The summed E-state index contributed by atoms with van der Waals surface area (Å²) >= 11 is 0. The monoisotopic (exact) mass is 329 g/mol. The summed E-state index contributed by atoms with van der Waals surface area (Å²) in [7, 11) is 0. The quantitative estimate of drug-likeness (QED) is 0.771. The van der Waals surface area contributed by atoms with Gasteiger partial charge in [0.05, 0.1) is 22.9 Å². The van der Waals surface area contributed by atoms with Crippen molar-refractivity contribution in [2.24, 2.45) is 0 Å². The molecule has 0 saturated carbocycles. The first kappa shape index (κ1) is 15.0. The van der Waals surface area contributed by atoms with E-state index in [1.165, 1.54) is 0 Å². The van der Waals surface area contributed by atoms with Crippen molar-refractivity contribution < 1.29 is 9.84 Å². The van der Waals surface area contributed by atoms with Crippen LogP contribution in [0.4, 0.5) is 0 Å². The third kappa shape index (κ3) is 2.36. The summed E-state index contributed by atoms with van der Waals surface area (Å²) in [6.07, 6.45) is 0. The largest absolute Gasteiger partial charge is 0.480 e. The Bertz CT molecular complexity index is 999. The van der Waals surface area contributed by atoms with Gasteiger partial charge < -0.3 is 9.84 Å². The fourth-order valence-corrected chi connectivity index (χ4v) is 3.20. The molecule has 0 saturated heterocycles. The normalized spacial score (nSPS) is 16.1. The standard InChI is InChI=1S/C20H15N3O2/c1-13-17-18(14-8-4-2-5-9-14)16(12-21)20(24)25-19(17)23(22-13)15-10-6-3-7-11-15/h2-11,18,24H,1H3. The van der Waals surface area contributed by atoms with Crippen LogP contribution in [0.1, 0.15) is 22.7 Å². The lowest BCUT2D eigenvalue weighted by molar-refractivity contribution is 0.185. The number of fused-ring (bicyclic) bond motifs is 1. The molecule has 0 fully saturated rings. The van der Waals surface area contributed by atoms with Crippen LogP contribution >= 0.6 is 0 Å². The number of aliphatic hydroxyl groups is 1. The smallest absolute Gasteiger partial charge is 0.298 e. The van der Waals surface area contributed by atoms with Gasteiger partial charge in [-0.25, -0.2) is 4.68 Å². The van der Waals surface area contributed by atoms with Crippen LogP contribution in [0.5, 0.6) is 5.88 Å². The summed E-state index contributed by atoms with van der Waals surface area (Å²) in [4.78, 5) is 0. The zero-order chi connectivity index (χ0) is 17.4. The lowest BCUT2D eigenvalue weighted by atomic mass is 9.84. The van der Waals surface area contributed by atoms with Gasteiger partial charge in [0.1, 0.15) is 11.6 Å². The van der Waals surface area contributed by atoms with Crippen LogP contribution in [0.3, 0.4) is 0 Å². The first-order chi connectivity index (χ1) is 12.2. The van der Waals surface area contributed by atoms with Gasteiger partial charge in [-0.05, 0) is 24.6 Å². The predicted octanol–water partition coefficient (Wildman–Crippen LogP) is 4.00. The third-order valence-corrected chi connectivity index (χ3v) is 4.32. The van der Waals surface area contributed by atoms with Crippen molar-refractivity contribution in [3.05, 3.63) is 89.0 Å². The van der Waals surface area contributed by atoms with Gasteiger partial charge in [-0.15, -0.1) is 0 Å². The summed E-state index contributed by atoms with van der Waals surface area (Å²) in [6, 6.07) is 21.3. The lowest BCUT2D eigenvalue weighted by Gasteiger charge is -2.23. The molecule has 25 heavy (non-hydrogen) atoms.